The highest BCUT2D eigenvalue weighted by atomic mass is 15.1. The van der Waals surface area contributed by atoms with Gasteiger partial charge in [0.25, 0.3) is 0 Å². The zero-order valence-electron chi connectivity index (χ0n) is 16.1. The lowest BCUT2D eigenvalue weighted by molar-refractivity contribution is 0.146. The Labute approximate surface area is 140 Å². The maximum absolute atomic E-state index is 3.81. The number of piperidine rings is 1. The highest BCUT2D eigenvalue weighted by molar-refractivity contribution is 4.99. The molecule has 0 radical (unpaired) electrons. The van der Waals surface area contributed by atoms with Gasteiger partial charge in [-0.2, -0.15) is 0 Å². The van der Waals surface area contributed by atoms with E-state index in [4.69, 9.17) is 0 Å². The van der Waals surface area contributed by atoms with Gasteiger partial charge in [-0.3, -0.25) is 0 Å². The molecule has 1 fully saturated rings. The number of unbranched alkanes of at least 4 members (excludes halogenated alkanes) is 8. The van der Waals surface area contributed by atoms with Gasteiger partial charge in [0.2, 0.25) is 0 Å². The fourth-order valence-corrected chi connectivity index (χ4v) is 4.21. The highest BCUT2D eigenvalue weighted by Gasteiger charge is 2.37. The lowest BCUT2D eigenvalue weighted by Gasteiger charge is -2.46. The molecule has 1 heterocycles. The molecule has 0 aliphatic carbocycles. The minimum Gasteiger partial charge on any atom is -0.314 e. The topological polar surface area (TPSA) is 24.1 Å². The number of hydrogen-bond acceptors (Lipinski definition) is 2. The molecule has 1 aliphatic rings. The first-order chi connectivity index (χ1) is 10.3. The van der Waals surface area contributed by atoms with E-state index >= 15 is 0 Å². The molecule has 2 N–H and O–H groups in total. The summed E-state index contributed by atoms with van der Waals surface area (Å²) in [7, 11) is 0. The average molecular weight is 311 g/mol. The third-order valence-electron chi connectivity index (χ3n) is 4.90. The van der Waals surface area contributed by atoms with Crippen molar-refractivity contribution >= 4 is 0 Å². The molecule has 0 spiro atoms. The lowest BCUT2D eigenvalue weighted by Crippen LogP contribution is -2.61. The number of nitrogens with one attached hydrogen (secondary N) is 2. The average Bonchev–Trinajstić information content (AvgIpc) is 2.37. The first-order valence-electron chi connectivity index (χ1n) is 9.87. The standard InChI is InChI=1S/C20H42N2/c1-6-7-8-9-10-11-12-13-14-15-21-18-16-19(2,3)22-20(4,5)17-18/h18,21-22H,6-17H2,1-5H3. The van der Waals surface area contributed by atoms with E-state index < -0.39 is 0 Å². The molecular formula is C20H42N2. The van der Waals surface area contributed by atoms with Crippen molar-refractivity contribution in [1.82, 2.24) is 10.6 Å². The molecule has 0 amide bonds. The van der Waals surface area contributed by atoms with Crippen LogP contribution >= 0.6 is 0 Å². The van der Waals surface area contributed by atoms with Gasteiger partial charge in [0.05, 0.1) is 0 Å². The van der Waals surface area contributed by atoms with Gasteiger partial charge in [-0.25, -0.2) is 0 Å². The predicted octanol–water partition coefficient (Wildman–Crippen LogP) is 5.42. The summed E-state index contributed by atoms with van der Waals surface area (Å²) in [5.74, 6) is 0. The first-order valence-corrected chi connectivity index (χ1v) is 9.87. The Morgan fingerprint density at radius 2 is 1.23 bits per heavy atom. The van der Waals surface area contributed by atoms with Crippen LogP contribution in [-0.2, 0) is 0 Å². The quantitative estimate of drug-likeness (QED) is 0.498. The Kier molecular flexibility index (Phi) is 9.01. The highest BCUT2D eigenvalue weighted by Crippen LogP contribution is 2.28. The molecule has 2 heteroatoms. The van der Waals surface area contributed by atoms with Crippen molar-refractivity contribution in [3.63, 3.8) is 0 Å². The van der Waals surface area contributed by atoms with Crippen LogP contribution in [0.3, 0.4) is 0 Å². The molecule has 1 aliphatic heterocycles. The first kappa shape index (κ1) is 20.0. The summed E-state index contributed by atoms with van der Waals surface area (Å²) in [6, 6.07) is 0.681. The van der Waals surface area contributed by atoms with Gasteiger partial charge in [-0.15, -0.1) is 0 Å². The van der Waals surface area contributed by atoms with Gasteiger partial charge in [0.15, 0.2) is 0 Å². The molecule has 0 aromatic rings. The van der Waals surface area contributed by atoms with Crippen LogP contribution < -0.4 is 10.6 Å². The van der Waals surface area contributed by atoms with Crippen LogP contribution in [0.2, 0.25) is 0 Å². The van der Waals surface area contributed by atoms with Crippen molar-refractivity contribution in [3.8, 4) is 0 Å². The van der Waals surface area contributed by atoms with E-state index in [1.807, 2.05) is 0 Å². The van der Waals surface area contributed by atoms with Crippen molar-refractivity contribution in [2.45, 2.75) is 122 Å². The van der Waals surface area contributed by atoms with Crippen molar-refractivity contribution in [2.24, 2.45) is 0 Å². The molecular weight excluding hydrogens is 268 g/mol. The van der Waals surface area contributed by atoms with Gasteiger partial charge in [-0.1, -0.05) is 58.3 Å². The second-order valence-electron chi connectivity index (χ2n) is 8.78. The maximum Gasteiger partial charge on any atom is 0.0144 e. The van der Waals surface area contributed by atoms with Crippen LogP contribution in [0.15, 0.2) is 0 Å². The van der Waals surface area contributed by atoms with Crippen LogP contribution in [-0.4, -0.2) is 23.7 Å². The summed E-state index contributed by atoms with van der Waals surface area (Å²) in [5.41, 5.74) is 0.524. The Morgan fingerprint density at radius 1 is 0.773 bits per heavy atom. The minimum atomic E-state index is 0.262. The van der Waals surface area contributed by atoms with Gasteiger partial charge in [0, 0.05) is 17.1 Å². The van der Waals surface area contributed by atoms with Crippen molar-refractivity contribution < 1.29 is 0 Å². The third-order valence-corrected chi connectivity index (χ3v) is 4.90. The third kappa shape index (κ3) is 9.15. The van der Waals surface area contributed by atoms with E-state index in [1.165, 1.54) is 77.2 Å². The fraction of sp³-hybridized carbons (Fsp3) is 1.00. The minimum absolute atomic E-state index is 0.262. The predicted molar refractivity (Wildman–Crippen MR) is 99.5 cm³/mol. The van der Waals surface area contributed by atoms with Crippen molar-refractivity contribution in [1.29, 1.82) is 0 Å². The summed E-state index contributed by atoms with van der Waals surface area (Å²) in [4.78, 5) is 0. The van der Waals surface area contributed by atoms with Gasteiger partial charge in [0.1, 0.15) is 0 Å². The molecule has 132 valence electrons. The molecule has 2 nitrogen and oxygen atoms in total. The molecule has 0 saturated carbocycles. The molecule has 0 unspecified atom stereocenters. The van der Waals surface area contributed by atoms with Crippen LogP contribution in [0.5, 0.6) is 0 Å². The van der Waals surface area contributed by atoms with Gasteiger partial charge >= 0.3 is 0 Å². The summed E-state index contributed by atoms with van der Waals surface area (Å²) in [6.07, 6.45) is 15.2. The number of rotatable bonds is 11. The molecule has 22 heavy (non-hydrogen) atoms. The molecule has 1 saturated heterocycles. The van der Waals surface area contributed by atoms with Crippen molar-refractivity contribution in [2.75, 3.05) is 6.54 Å². The summed E-state index contributed by atoms with van der Waals surface area (Å²) >= 11 is 0. The number of hydrogen-bond donors (Lipinski definition) is 2. The van der Waals surface area contributed by atoms with Crippen LogP contribution in [0.1, 0.15) is 105 Å². The van der Waals surface area contributed by atoms with E-state index in [9.17, 15) is 0 Å². The lowest BCUT2D eigenvalue weighted by atomic mass is 9.79. The Hall–Kier alpha value is -0.0800. The normalized spacial score (nSPS) is 21.1. The Bertz CT molecular complexity index is 267. The van der Waals surface area contributed by atoms with Crippen LogP contribution in [0.4, 0.5) is 0 Å². The smallest absolute Gasteiger partial charge is 0.0144 e. The largest absolute Gasteiger partial charge is 0.314 e. The summed E-state index contributed by atoms with van der Waals surface area (Å²) < 4.78 is 0. The molecule has 0 atom stereocenters. The molecule has 0 aromatic carbocycles. The Morgan fingerprint density at radius 3 is 1.73 bits per heavy atom. The van der Waals surface area contributed by atoms with E-state index in [0.29, 0.717) is 6.04 Å². The van der Waals surface area contributed by atoms with Crippen molar-refractivity contribution in [3.05, 3.63) is 0 Å². The SMILES string of the molecule is CCCCCCCCCCCNC1CC(C)(C)NC(C)(C)C1. The van der Waals surface area contributed by atoms with E-state index in [-0.39, 0.29) is 11.1 Å². The summed E-state index contributed by atoms with van der Waals surface area (Å²) in [5, 5.41) is 7.57. The molecule has 0 bridgehead atoms. The zero-order chi connectivity index (χ0) is 16.5. The van der Waals surface area contributed by atoms with E-state index in [2.05, 4.69) is 45.3 Å². The van der Waals surface area contributed by atoms with Crippen LogP contribution in [0, 0.1) is 0 Å². The fourth-order valence-electron chi connectivity index (χ4n) is 4.21. The van der Waals surface area contributed by atoms with E-state index in [0.717, 1.165) is 0 Å². The molecule has 1 rings (SSSR count). The van der Waals surface area contributed by atoms with Crippen LogP contribution in [0.25, 0.3) is 0 Å². The zero-order valence-corrected chi connectivity index (χ0v) is 16.1. The Balaban J connectivity index is 2.00. The monoisotopic (exact) mass is 310 g/mol. The van der Waals surface area contributed by atoms with E-state index in [1.54, 1.807) is 0 Å². The maximum atomic E-state index is 3.81. The second kappa shape index (κ2) is 9.93. The van der Waals surface area contributed by atoms with Gasteiger partial charge in [-0.05, 0) is 53.5 Å². The molecule has 0 aromatic heterocycles. The summed E-state index contributed by atoms with van der Waals surface area (Å²) in [6.45, 7) is 12.8. The second-order valence-corrected chi connectivity index (χ2v) is 8.78. The van der Waals surface area contributed by atoms with Gasteiger partial charge < -0.3 is 10.6 Å².